The molecule has 19 heteroatoms. The third-order valence-corrected chi connectivity index (χ3v) is 6.85. The molecule has 0 aromatic heterocycles. The number of likely N-dealkylation sites (N-methyl/N-ethyl adjacent to an activating group) is 1. The van der Waals surface area contributed by atoms with Gasteiger partial charge in [0.05, 0.1) is 25.4 Å². The number of guanidine groups is 2. The molecule has 17 N–H and O–H groups in total. The van der Waals surface area contributed by atoms with Gasteiger partial charge in [-0.15, -0.1) is 0 Å². The molecule has 40 heavy (non-hydrogen) atoms. The molecule has 2 fully saturated rings. The van der Waals surface area contributed by atoms with E-state index in [0.29, 0.717) is 0 Å². The number of nitrogens with zero attached hydrogens (tertiary/aromatic N) is 2. The van der Waals surface area contributed by atoms with Crippen LogP contribution in [0.5, 0.6) is 0 Å². The van der Waals surface area contributed by atoms with Crippen molar-refractivity contribution in [1.29, 1.82) is 0 Å². The van der Waals surface area contributed by atoms with E-state index in [1.165, 1.54) is 14.0 Å². The van der Waals surface area contributed by atoms with Gasteiger partial charge in [0.25, 0.3) is 0 Å². The van der Waals surface area contributed by atoms with Crippen LogP contribution in [-0.4, -0.2) is 140 Å². The van der Waals surface area contributed by atoms with Crippen molar-refractivity contribution in [2.45, 2.75) is 73.9 Å². The number of aliphatic imine (C=N–C) groups is 2. The fourth-order valence-electron chi connectivity index (χ4n) is 4.60. The number of aliphatic hydroxyl groups is 8. The van der Waals surface area contributed by atoms with Crippen LogP contribution in [0.2, 0.25) is 0 Å². The summed E-state index contributed by atoms with van der Waals surface area (Å²) in [5.41, 5.74) is 18.2. The van der Waals surface area contributed by atoms with Gasteiger partial charge in [-0.25, -0.2) is 9.98 Å². The maximum Gasteiger partial charge on any atom is 0.191 e. The summed E-state index contributed by atoms with van der Waals surface area (Å²) in [7, 11) is 1.43. The van der Waals surface area contributed by atoms with Gasteiger partial charge in [-0.1, -0.05) is 0 Å². The molecule has 0 aromatic carbocycles. The molecule has 1 aliphatic carbocycles. The summed E-state index contributed by atoms with van der Waals surface area (Å²) < 4.78 is 23.0. The van der Waals surface area contributed by atoms with E-state index in [4.69, 9.17) is 41.9 Å². The van der Waals surface area contributed by atoms with Crippen LogP contribution in [0.1, 0.15) is 6.92 Å². The molecule has 2 heterocycles. The molecule has 2 aliphatic heterocycles. The second kappa shape index (κ2) is 12.4. The van der Waals surface area contributed by atoms with Crippen LogP contribution >= 0.6 is 0 Å². The van der Waals surface area contributed by atoms with Gasteiger partial charge < -0.3 is 88.1 Å². The normalized spacial score (nSPS) is 40.3. The first-order chi connectivity index (χ1) is 18.7. The van der Waals surface area contributed by atoms with Crippen LogP contribution in [0.4, 0.5) is 0 Å². The quantitative estimate of drug-likeness (QED) is 0.0891. The van der Waals surface area contributed by atoms with E-state index in [-0.39, 0.29) is 0 Å². The Hall–Kier alpha value is -2.82. The van der Waals surface area contributed by atoms with Crippen molar-refractivity contribution in [3.63, 3.8) is 0 Å². The molecule has 2 saturated heterocycles. The summed E-state index contributed by atoms with van der Waals surface area (Å²) in [6, 6.07) is -1.10. The van der Waals surface area contributed by atoms with Crippen molar-refractivity contribution in [1.82, 2.24) is 5.32 Å². The predicted molar refractivity (Wildman–Crippen MR) is 134 cm³/mol. The maximum atomic E-state index is 11.3. The lowest BCUT2D eigenvalue weighted by Gasteiger charge is -2.44. The zero-order valence-corrected chi connectivity index (χ0v) is 21.6. The lowest BCUT2D eigenvalue weighted by molar-refractivity contribution is -0.313. The molecule has 3 aliphatic rings. The Morgan fingerprint density at radius 3 is 2.12 bits per heavy atom. The van der Waals surface area contributed by atoms with Crippen molar-refractivity contribution >= 4 is 11.9 Å². The Labute approximate surface area is 227 Å². The molecule has 0 saturated carbocycles. The number of ether oxygens (including phenoxy) is 4. The Morgan fingerprint density at radius 1 is 0.975 bits per heavy atom. The van der Waals surface area contributed by atoms with E-state index in [1.54, 1.807) is 0 Å². The average molecular weight is 580 g/mol. The van der Waals surface area contributed by atoms with Crippen LogP contribution in [0.15, 0.2) is 32.9 Å². The Balaban J connectivity index is 2.01. The Morgan fingerprint density at radius 2 is 1.60 bits per heavy atom. The van der Waals surface area contributed by atoms with Gasteiger partial charge in [0.15, 0.2) is 41.7 Å². The molecule has 0 unspecified atom stereocenters. The van der Waals surface area contributed by atoms with Crippen molar-refractivity contribution in [2.24, 2.45) is 32.9 Å². The minimum Gasteiger partial charge on any atom is -0.507 e. The van der Waals surface area contributed by atoms with Crippen LogP contribution in [0.3, 0.4) is 0 Å². The molecule has 11 atom stereocenters. The summed E-state index contributed by atoms with van der Waals surface area (Å²) in [5, 5.41) is 86.5. The van der Waals surface area contributed by atoms with Gasteiger partial charge in [-0.3, -0.25) is 0 Å². The minimum atomic E-state index is -2.18. The first kappa shape index (κ1) is 31.7. The van der Waals surface area contributed by atoms with Crippen LogP contribution in [-0.2, 0) is 18.9 Å². The standard InChI is InChI=1S/C21H37N7O12/c1-5-21(36,4-30)16(40-17-9(26-2)13(34)10(31)6(3-29)38-17)18(37-5)39-15-8(28-20(24)25)11(32)7(27-19(22)23)12(33)14(15)35/h5-6,9-10,13-18,26,29-36H,3-4H2,1-2H3,(H4,22,23,27)(H4,24,25,28)/t5-,6-,9-,10-,13-,14-,15+,16-,17-,18-,21+/m0/s1. The zero-order chi connectivity index (χ0) is 30.1. The maximum absolute atomic E-state index is 11.3. The van der Waals surface area contributed by atoms with Gasteiger partial charge in [-0.05, 0) is 14.0 Å². The second-order valence-electron chi connectivity index (χ2n) is 9.42. The Bertz CT molecular complexity index is 1050. The number of hydrogen-bond donors (Lipinski definition) is 13. The smallest absolute Gasteiger partial charge is 0.191 e. The van der Waals surface area contributed by atoms with Crippen molar-refractivity contribution in [2.75, 3.05) is 20.3 Å². The lowest BCUT2D eigenvalue weighted by Crippen LogP contribution is -2.65. The topological polar surface area (TPSA) is 340 Å². The summed E-state index contributed by atoms with van der Waals surface area (Å²) in [6.45, 7) is -0.253. The monoisotopic (exact) mass is 579 g/mol. The number of aliphatic hydroxyl groups excluding tert-OH is 7. The molecule has 0 amide bonds. The number of nitrogens with one attached hydrogen (secondary N) is 1. The molecular formula is C21H37N7O12. The SMILES string of the molecule is CN[C@@H]1[C@H](O[C@H]2[C@H](O[C@@H]3C(N=C(N)N)=C(O)C(N=C(N)N)=C(O)[C@@H]3O)O[C@@H](C)[C@]2(O)CO)O[C@@H](CO)[C@H](O)[C@H]1O. The third-order valence-electron chi connectivity index (χ3n) is 6.85. The van der Waals surface area contributed by atoms with E-state index in [2.05, 4.69) is 15.3 Å². The zero-order valence-electron chi connectivity index (χ0n) is 21.6. The highest BCUT2D eigenvalue weighted by Gasteiger charge is 2.59. The average Bonchev–Trinajstić information content (AvgIpc) is 3.13. The van der Waals surface area contributed by atoms with Gasteiger partial charge in [0, 0.05) is 0 Å². The highest BCUT2D eigenvalue weighted by molar-refractivity contribution is 5.78. The third kappa shape index (κ3) is 5.80. The van der Waals surface area contributed by atoms with Gasteiger partial charge in [0.1, 0.15) is 47.9 Å². The number of rotatable bonds is 9. The summed E-state index contributed by atoms with van der Waals surface area (Å²) in [4.78, 5) is 7.32. The summed E-state index contributed by atoms with van der Waals surface area (Å²) in [6.07, 6.45) is -14.0. The summed E-state index contributed by atoms with van der Waals surface area (Å²) >= 11 is 0. The van der Waals surface area contributed by atoms with E-state index < -0.39 is 115 Å². The highest BCUT2D eigenvalue weighted by atomic mass is 16.8. The van der Waals surface area contributed by atoms with Crippen LogP contribution < -0.4 is 28.3 Å². The van der Waals surface area contributed by atoms with Crippen molar-refractivity contribution < 1.29 is 59.8 Å². The molecule has 0 spiro atoms. The number of hydrogen-bond acceptors (Lipinski definition) is 15. The van der Waals surface area contributed by atoms with E-state index in [1.807, 2.05) is 0 Å². The van der Waals surface area contributed by atoms with Crippen LogP contribution in [0.25, 0.3) is 0 Å². The molecule has 228 valence electrons. The fraction of sp³-hybridized carbons (Fsp3) is 0.714. The molecule has 0 aromatic rings. The van der Waals surface area contributed by atoms with Gasteiger partial charge in [-0.2, -0.15) is 0 Å². The van der Waals surface area contributed by atoms with E-state index in [0.717, 1.165) is 0 Å². The lowest BCUT2D eigenvalue weighted by atomic mass is 9.93. The van der Waals surface area contributed by atoms with Crippen molar-refractivity contribution in [3.8, 4) is 0 Å². The molecule has 0 radical (unpaired) electrons. The number of nitrogens with two attached hydrogens (primary N) is 4. The first-order valence-corrected chi connectivity index (χ1v) is 12.0. The first-order valence-electron chi connectivity index (χ1n) is 12.0. The summed E-state index contributed by atoms with van der Waals surface area (Å²) in [5.74, 6) is -2.98. The highest BCUT2D eigenvalue weighted by Crippen LogP contribution is 2.40. The molecule has 0 bridgehead atoms. The molecular weight excluding hydrogens is 542 g/mol. The fourth-order valence-corrected chi connectivity index (χ4v) is 4.60. The second-order valence-corrected chi connectivity index (χ2v) is 9.42. The van der Waals surface area contributed by atoms with E-state index in [9.17, 15) is 40.9 Å². The largest absolute Gasteiger partial charge is 0.507 e. The predicted octanol–water partition coefficient (Wildman–Crippen LogP) is -6.29. The minimum absolute atomic E-state index is 0.541. The molecule has 19 nitrogen and oxygen atoms in total. The van der Waals surface area contributed by atoms with Gasteiger partial charge in [0.2, 0.25) is 0 Å². The van der Waals surface area contributed by atoms with Crippen molar-refractivity contribution in [3.05, 3.63) is 22.9 Å². The Kier molecular flexibility index (Phi) is 9.80. The van der Waals surface area contributed by atoms with Gasteiger partial charge >= 0.3 is 0 Å². The van der Waals surface area contributed by atoms with Crippen LogP contribution in [0, 0.1) is 0 Å². The molecule has 3 rings (SSSR count). The van der Waals surface area contributed by atoms with E-state index >= 15 is 0 Å².